The molecule has 26 heavy (non-hydrogen) atoms. The SMILES string of the molecule is CCOc1ccccc1-n1nnnc1SCc1cccc([N+](=O)[O-])c1C. The summed E-state index contributed by atoms with van der Waals surface area (Å²) in [5.41, 5.74) is 2.39. The molecule has 0 saturated carbocycles. The van der Waals surface area contributed by atoms with Crippen LogP contribution in [-0.4, -0.2) is 31.7 Å². The van der Waals surface area contributed by atoms with Crippen LogP contribution in [0.15, 0.2) is 47.6 Å². The normalized spacial score (nSPS) is 10.7. The molecular weight excluding hydrogens is 354 g/mol. The van der Waals surface area contributed by atoms with Crippen LogP contribution in [0.5, 0.6) is 5.75 Å². The predicted molar refractivity (Wildman–Crippen MR) is 97.7 cm³/mol. The van der Waals surface area contributed by atoms with Crippen LogP contribution >= 0.6 is 11.8 Å². The molecule has 0 saturated heterocycles. The van der Waals surface area contributed by atoms with Crippen LogP contribution in [0.1, 0.15) is 18.1 Å². The van der Waals surface area contributed by atoms with Gasteiger partial charge in [-0.15, -0.1) is 5.10 Å². The van der Waals surface area contributed by atoms with Crippen LogP contribution in [0.3, 0.4) is 0 Å². The zero-order valence-corrected chi connectivity index (χ0v) is 15.1. The maximum Gasteiger partial charge on any atom is 0.272 e. The van der Waals surface area contributed by atoms with Crippen LogP contribution in [0.2, 0.25) is 0 Å². The third-order valence-corrected chi connectivity index (χ3v) is 4.77. The van der Waals surface area contributed by atoms with Crippen molar-refractivity contribution < 1.29 is 9.66 Å². The van der Waals surface area contributed by atoms with Crippen molar-refractivity contribution in [2.24, 2.45) is 0 Å². The highest BCUT2D eigenvalue weighted by Crippen LogP contribution is 2.30. The number of ether oxygens (including phenoxy) is 1. The van der Waals surface area contributed by atoms with Crippen LogP contribution in [0, 0.1) is 17.0 Å². The van der Waals surface area contributed by atoms with E-state index in [-0.39, 0.29) is 10.6 Å². The number of rotatable bonds is 7. The summed E-state index contributed by atoms with van der Waals surface area (Å²) in [6.07, 6.45) is 0. The number of hydrogen-bond donors (Lipinski definition) is 0. The van der Waals surface area contributed by atoms with Gasteiger partial charge in [0, 0.05) is 17.4 Å². The highest BCUT2D eigenvalue weighted by molar-refractivity contribution is 7.98. The summed E-state index contributed by atoms with van der Waals surface area (Å²) in [5.74, 6) is 1.21. The number of nitro groups is 1. The van der Waals surface area contributed by atoms with Crippen molar-refractivity contribution in [3.8, 4) is 11.4 Å². The first-order valence-electron chi connectivity index (χ1n) is 7.98. The summed E-state index contributed by atoms with van der Waals surface area (Å²) in [4.78, 5) is 10.7. The van der Waals surface area contributed by atoms with Crippen molar-refractivity contribution in [3.05, 3.63) is 63.7 Å². The zero-order valence-electron chi connectivity index (χ0n) is 14.3. The van der Waals surface area contributed by atoms with E-state index in [0.717, 1.165) is 11.3 Å². The molecule has 0 radical (unpaired) electrons. The maximum absolute atomic E-state index is 11.1. The van der Waals surface area contributed by atoms with Gasteiger partial charge < -0.3 is 4.74 Å². The summed E-state index contributed by atoms with van der Waals surface area (Å²) in [5, 5.41) is 23.6. The van der Waals surface area contributed by atoms with Gasteiger partial charge in [0.15, 0.2) is 0 Å². The number of benzene rings is 2. The standard InChI is InChI=1S/C17H17N5O3S/c1-3-25-16-10-5-4-8-15(16)21-17(18-19-20-21)26-11-13-7-6-9-14(12(13)2)22(23)24/h4-10H,3,11H2,1-2H3. The summed E-state index contributed by atoms with van der Waals surface area (Å²) in [6.45, 7) is 4.20. The summed E-state index contributed by atoms with van der Waals surface area (Å²) in [7, 11) is 0. The molecule has 0 unspecified atom stereocenters. The van der Waals surface area contributed by atoms with Gasteiger partial charge in [-0.2, -0.15) is 4.68 Å². The van der Waals surface area contributed by atoms with Crippen molar-refractivity contribution in [3.63, 3.8) is 0 Å². The Kier molecular flexibility index (Phi) is 5.47. The number of hydrogen-bond acceptors (Lipinski definition) is 7. The van der Waals surface area contributed by atoms with Crippen LogP contribution in [0.25, 0.3) is 5.69 Å². The van der Waals surface area contributed by atoms with Gasteiger partial charge in [-0.1, -0.05) is 36.0 Å². The van der Waals surface area contributed by atoms with Gasteiger partial charge in [0.1, 0.15) is 11.4 Å². The molecule has 3 rings (SSSR count). The molecule has 1 aromatic heterocycles. The van der Waals surface area contributed by atoms with E-state index in [1.165, 1.54) is 17.8 Å². The minimum absolute atomic E-state index is 0.115. The molecule has 0 atom stereocenters. The van der Waals surface area contributed by atoms with Crippen molar-refractivity contribution in [2.75, 3.05) is 6.61 Å². The molecule has 0 spiro atoms. The molecular formula is C17H17N5O3S. The van der Waals surface area contributed by atoms with E-state index in [4.69, 9.17) is 4.74 Å². The lowest BCUT2D eigenvalue weighted by atomic mass is 10.1. The quantitative estimate of drug-likeness (QED) is 0.356. The molecule has 0 bridgehead atoms. The first-order chi connectivity index (χ1) is 12.6. The van der Waals surface area contributed by atoms with Crippen LogP contribution in [-0.2, 0) is 5.75 Å². The monoisotopic (exact) mass is 371 g/mol. The Balaban J connectivity index is 1.85. The lowest BCUT2D eigenvalue weighted by molar-refractivity contribution is -0.385. The van der Waals surface area contributed by atoms with Crippen molar-refractivity contribution >= 4 is 17.4 Å². The van der Waals surface area contributed by atoms with E-state index < -0.39 is 0 Å². The smallest absolute Gasteiger partial charge is 0.272 e. The first kappa shape index (κ1) is 17.9. The molecule has 1 heterocycles. The van der Waals surface area contributed by atoms with Gasteiger partial charge in [-0.25, -0.2) is 0 Å². The fourth-order valence-corrected chi connectivity index (χ4v) is 3.44. The largest absolute Gasteiger partial charge is 0.492 e. The number of tetrazole rings is 1. The fraction of sp³-hybridized carbons (Fsp3) is 0.235. The molecule has 0 aliphatic rings. The second-order valence-corrected chi connectivity index (χ2v) is 6.32. The first-order valence-corrected chi connectivity index (χ1v) is 8.96. The van der Waals surface area contributed by atoms with E-state index in [2.05, 4.69) is 15.5 Å². The third-order valence-electron chi connectivity index (χ3n) is 3.81. The van der Waals surface area contributed by atoms with E-state index in [1.807, 2.05) is 37.3 Å². The Hall–Kier alpha value is -2.94. The predicted octanol–water partition coefficient (Wildman–Crippen LogP) is 3.57. The fourth-order valence-electron chi connectivity index (χ4n) is 2.50. The highest BCUT2D eigenvalue weighted by atomic mass is 32.2. The minimum atomic E-state index is -0.369. The average molecular weight is 371 g/mol. The van der Waals surface area contributed by atoms with Crippen LogP contribution in [0.4, 0.5) is 5.69 Å². The molecule has 2 aromatic carbocycles. The number of nitrogens with zero attached hydrogens (tertiary/aromatic N) is 5. The minimum Gasteiger partial charge on any atom is -0.492 e. The summed E-state index contributed by atoms with van der Waals surface area (Å²) < 4.78 is 7.25. The van der Waals surface area contributed by atoms with Gasteiger partial charge >= 0.3 is 0 Å². The van der Waals surface area contributed by atoms with Gasteiger partial charge in [-0.05, 0) is 42.0 Å². The highest BCUT2D eigenvalue weighted by Gasteiger charge is 2.16. The molecule has 0 aliphatic heterocycles. The van der Waals surface area contributed by atoms with Gasteiger partial charge in [-0.3, -0.25) is 10.1 Å². The Morgan fingerprint density at radius 1 is 1.23 bits per heavy atom. The molecule has 8 nitrogen and oxygen atoms in total. The van der Waals surface area contributed by atoms with Gasteiger partial charge in [0.2, 0.25) is 5.16 Å². The number of nitro benzene ring substituents is 1. The second kappa shape index (κ2) is 7.96. The molecule has 9 heteroatoms. The Bertz CT molecular complexity index is 928. The summed E-state index contributed by atoms with van der Waals surface area (Å²) >= 11 is 1.41. The van der Waals surface area contributed by atoms with E-state index >= 15 is 0 Å². The van der Waals surface area contributed by atoms with Crippen LogP contribution < -0.4 is 4.74 Å². The lowest BCUT2D eigenvalue weighted by Crippen LogP contribution is -2.03. The molecule has 0 fully saturated rings. The lowest BCUT2D eigenvalue weighted by Gasteiger charge is -2.11. The average Bonchev–Trinajstić information content (AvgIpc) is 3.10. The molecule has 0 aliphatic carbocycles. The second-order valence-electron chi connectivity index (χ2n) is 5.38. The topological polar surface area (TPSA) is 96.0 Å². The van der Waals surface area contributed by atoms with E-state index in [0.29, 0.717) is 28.8 Å². The molecule has 0 N–H and O–H groups in total. The van der Waals surface area contributed by atoms with Crippen molar-refractivity contribution in [2.45, 2.75) is 24.8 Å². The van der Waals surface area contributed by atoms with E-state index in [9.17, 15) is 10.1 Å². The summed E-state index contributed by atoms with van der Waals surface area (Å²) in [6, 6.07) is 12.6. The zero-order chi connectivity index (χ0) is 18.5. The van der Waals surface area contributed by atoms with Gasteiger partial charge in [0.25, 0.3) is 5.69 Å². The maximum atomic E-state index is 11.1. The number of thioether (sulfide) groups is 1. The van der Waals surface area contributed by atoms with Crippen molar-refractivity contribution in [1.29, 1.82) is 0 Å². The van der Waals surface area contributed by atoms with Crippen molar-refractivity contribution in [1.82, 2.24) is 20.2 Å². The molecule has 3 aromatic rings. The van der Waals surface area contributed by atoms with Gasteiger partial charge in [0.05, 0.1) is 11.5 Å². The molecule has 0 amide bonds. The third kappa shape index (κ3) is 3.67. The number of aromatic nitrogens is 4. The Morgan fingerprint density at radius 3 is 2.81 bits per heavy atom. The number of para-hydroxylation sites is 2. The Labute approximate surface area is 154 Å². The Morgan fingerprint density at radius 2 is 2.04 bits per heavy atom. The van der Waals surface area contributed by atoms with E-state index in [1.54, 1.807) is 17.7 Å². The molecule has 134 valence electrons.